The van der Waals surface area contributed by atoms with Crippen molar-refractivity contribution >= 4 is 6.09 Å². The number of carbonyl (C=O) groups is 1. The predicted octanol–water partition coefficient (Wildman–Crippen LogP) is 6.62. The number of hydrogen-bond acceptors (Lipinski definition) is 5. The van der Waals surface area contributed by atoms with Gasteiger partial charge in [-0.25, -0.2) is 4.79 Å². The zero-order valence-corrected chi connectivity index (χ0v) is 29.0. The molecule has 0 bridgehead atoms. The molecule has 7 nitrogen and oxygen atoms in total. The van der Waals surface area contributed by atoms with E-state index in [4.69, 9.17) is 14.6 Å². The molecule has 4 N–H and O–H groups in total. The molecule has 1 amide bonds. The highest BCUT2D eigenvalue weighted by Crippen LogP contribution is 2.76. The van der Waals surface area contributed by atoms with Crippen molar-refractivity contribution in [2.45, 2.75) is 143 Å². The zero-order chi connectivity index (χ0) is 31.8. The van der Waals surface area contributed by atoms with E-state index >= 15 is 0 Å². The number of amides is 1. The van der Waals surface area contributed by atoms with Crippen molar-refractivity contribution in [2.24, 2.45) is 51.1 Å². The maximum atomic E-state index is 12.2. The average Bonchev–Trinajstić information content (AvgIpc) is 3.26. The van der Waals surface area contributed by atoms with Gasteiger partial charge in [0.05, 0.1) is 17.3 Å². The lowest BCUT2D eigenvalue weighted by atomic mass is 9.35. The minimum Gasteiger partial charge on any atom is -0.465 e. The summed E-state index contributed by atoms with van der Waals surface area (Å²) in [5, 5.41) is 19.4. The highest BCUT2D eigenvalue weighted by molar-refractivity contribution is 5.61. The van der Waals surface area contributed by atoms with Gasteiger partial charge in [-0.3, -0.25) is 4.90 Å². The summed E-state index contributed by atoms with van der Waals surface area (Å²) in [4.78, 5) is 14.1. The number of ether oxygens (including phenoxy) is 1. The van der Waals surface area contributed by atoms with Gasteiger partial charge in [-0.1, -0.05) is 34.6 Å². The lowest BCUT2D eigenvalue weighted by molar-refractivity contribution is -0.255. The lowest BCUT2D eigenvalue weighted by Crippen LogP contribution is -2.68. The molecule has 0 aromatic heterocycles. The third-order valence-corrected chi connectivity index (χ3v) is 15.1. The monoisotopic (exact) mass is 603 g/mol. The van der Waals surface area contributed by atoms with Gasteiger partial charge in [0.1, 0.15) is 0 Å². The van der Waals surface area contributed by atoms with Gasteiger partial charge in [-0.15, -0.1) is 0 Å². The summed E-state index contributed by atoms with van der Waals surface area (Å²) in [5.41, 5.74) is 5.02. The number of aliphatic hydroxyl groups is 1. The fourth-order valence-corrected chi connectivity index (χ4v) is 13.1. The fourth-order valence-electron chi connectivity index (χ4n) is 13.1. The van der Waals surface area contributed by atoms with Gasteiger partial charge in [0, 0.05) is 32.2 Å². The van der Waals surface area contributed by atoms with E-state index in [9.17, 15) is 5.11 Å². The average molecular weight is 604 g/mol. The van der Waals surface area contributed by atoms with Crippen molar-refractivity contribution in [3.8, 4) is 0 Å². The lowest BCUT2D eigenvalue weighted by Gasteiger charge is -2.71. The van der Waals surface area contributed by atoms with Crippen molar-refractivity contribution < 1.29 is 19.7 Å². The largest absolute Gasteiger partial charge is 0.465 e. The topological polar surface area (TPSA) is 99.3 Å². The SMILES string of the molecule is CN1CCN([C@H]2CC[C@]3(C)[C@H]4C[C@@H](O)[C@@H]5[C@@H]([C@@]6(C)CCCC(C)(C)O6)CC[C@@]5(C)[C@]4(C)CC[C@H]3C2(C)C)CC1.NC(=O)O. The number of primary amides is 1. The maximum Gasteiger partial charge on any atom is 0.402 e. The number of nitrogens with two attached hydrogens (primary N) is 1. The molecule has 4 saturated carbocycles. The Morgan fingerprint density at radius 3 is 2.02 bits per heavy atom. The number of nitrogens with zero attached hydrogens (tertiary/aromatic N) is 2. The van der Waals surface area contributed by atoms with Gasteiger partial charge in [0.2, 0.25) is 0 Å². The summed E-state index contributed by atoms with van der Waals surface area (Å²) in [6.45, 7) is 25.1. The fraction of sp³-hybridized carbons (Fsp3) is 0.972. The second-order valence-corrected chi connectivity index (χ2v) is 18.0. The number of rotatable bonds is 2. The molecule has 4 aliphatic carbocycles. The summed E-state index contributed by atoms with van der Waals surface area (Å²) in [7, 11) is 2.28. The predicted molar refractivity (Wildman–Crippen MR) is 173 cm³/mol. The maximum absolute atomic E-state index is 12.2. The molecule has 7 heteroatoms. The first-order valence-electron chi connectivity index (χ1n) is 17.6. The van der Waals surface area contributed by atoms with E-state index in [0.29, 0.717) is 40.0 Å². The van der Waals surface area contributed by atoms with Crippen LogP contribution in [0.25, 0.3) is 0 Å². The molecule has 0 aromatic carbocycles. The molecule has 43 heavy (non-hydrogen) atoms. The first kappa shape index (κ1) is 33.5. The van der Waals surface area contributed by atoms with E-state index in [-0.39, 0.29) is 22.7 Å². The standard InChI is InChI=1S/C35H62N2O2.CH3NO2/c1-30(2)14-10-15-35(8,39-30)24-11-17-34(7)29(24)25(38)23-27-32(5)16-13-28(37-21-19-36(9)20-22-37)31(3,4)26(32)12-18-33(27,34)6;2-1(3)4/h24-29,38H,10-23H2,1-9H3;2H2,(H,3,4)/t24-,25+,26-,27+,28-,29-,32-,33+,34+,35+;/m0./s1. The molecule has 10 atom stereocenters. The van der Waals surface area contributed by atoms with Gasteiger partial charge in [0.25, 0.3) is 0 Å². The number of fused-ring (bicyclic) bond motifs is 5. The van der Waals surface area contributed by atoms with E-state index in [0.717, 1.165) is 25.2 Å². The van der Waals surface area contributed by atoms with Crippen LogP contribution in [0.5, 0.6) is 0 Å². The zero-order valence-electron chi connectivity index (χ0n) is 29.0. The van der Waals surface area contributed by atoms with Crippen molar-refractivity contribution in [3.05, 3.63) is 0 Å². The minimum absolute atomic E-state index is 0.0441. The molecule has 0 spiro atoms. The Morgan fingerprint density at radius 1 is 0.814 bits per heavy atom. The van der Waals surface area contributed by atoms with Gasteiger partial charge < -0.3 is 25.6 Å². The summed E-state index contributed by atoms with van der Waals surface area (Å²) in [6.07, 6.45) is 10.9. The number of carboxylic acid groups (broad SMARTS) is 1. The second-order valence-electron chi connectivity index (χ2n) is 18.0. The summed E-state index contributed by atoms with van der Waals surface area (Å²) < 4.78 is 6.95. The molecule has 248 valence electrons. The second kappa shape index (κ2) is 11.1. The number of likely N-dealkylation sites (N-methyl/N-ethyl adjacent to an activating group) is 1. The van der Waals surface area contributed by atoms with Crippen molar-refractivity contribution in [1.82, 2.24) is 9.80 Å². The van der Waals surface area contributed by atoms with Crippen LogP contribution in [0.15, 0.2) is 0 Å². The molecule has 0 radical (unpaired) electrons. The van der Waals surface area contributed by atoms with Crippen LogP contribution in [-0.4, -0.2) is 82.7 Å². The Labute approximate surface area is 262 Å². The molecular weight excluding hydrogens is 538 g/mol. The van der Waals surface area contributed by atoms with Crippen molar-refractivity contribution in [3.63, 3.8) is 0 Å². The summed E-state index contributed by atoms with van der Waals surface area (Å²) >= 11 is 0. The van der Waals surface area contributed by atoms with Crippen LogP contribution in [0.3, 0.4) is 0 Å². The van der Waals surface area contributed by atoms with Crippen LogP contribution in [0.2, 0.25) is 0 Å². The van der Waals surface area contributed by atoms with Crippen LogP contribution < -0.4 is 5.73 Å². The number of hydrogen-bond donors (Lipinski definition) is 3. The Bertz CT molecular complexity index is 1040. The molecule has 6 rings (SSSR count). The first-order valence-corrected chi connectivity index (χ1v) is 17.6. The van der Waals surface area contributed by atoms with E-state index in [1.165, 1.54) is 71.1 Å². The Hall–Kier alpha value is -0.890. The van der Waals surface area contributed by atoms with Gasteiger partial charge in [-0.2, -0.15) is 0 Å². The number of aliphatic hydroxyl groups excluding tert-OH is 1. The molecule has 0 aromatic rings. The Kier molecular flexibility index (Phi) is 8.66. The van der Waals surface area contributed by atoms with Crippen LogP contribution >= 0.6 is 0 Å². The first-order chi connectivity index (χ1) is 19.8. The van der Waals surface area contributed by atoms with Crippen LogP contribution in [-0.2, 0) is 4.74 Å². The molecule has 2 saturated heterocycles. The highest BCUT2D eigenvalue weighted by Gasteiger charge is 2.71. The Balaban J connectivity index is 0.000000868. The molecule has 6 fully saturated rings. The molecule has 0 unspecified atom stereocenters. The summed E-state index contributed by atoms with van der Waals surface area (Å²) in [6, 6.07) is 0.702. The number of piperazine rings is 1. The third-order valence-electron chi connectivity index (χ3n) is 15.1. The van der Waals surface area contributed by atoms with E-state index in [2.05, 4.69) is 78.0 Å². The smallest absolute Gasteiger partial charge is 0.402 e. The third kappa shape index (κ3) is 5.38. The van der Waals surface area contributed by atoms with Gasteiger partial charge in [0.15, 0.2) is 0 Å². The quantitative estimate of drug-likeness (QED) is 0.328. The normalized spacial score (nSPS) is 49.5. The van der Waals surface area contributed by atoms with E-state index < -0.39 is 6.09 Å². The van der Waals surface area contributed by atoms with Crippen molar-refractivity contribution in [2.75, 3.05) is 33.2 Å². The molecule has 6 aliphatic rings. The highest BCUT2D eigenvalue weighted by atomic mass is 16.5. The van der Waals surface area contributed by atoms with Crippen LogP contribution in [0.1, 0.15) is 120 Å². The van der Waals surface area contributed by atoms with Crippen LogP contribution in [0.4, 0.5) is 4.79 Å². The van der Waals surface area contributed by atoms with Crippen molar-refractivity contribution in [1.29, 1.82) is 0 Å². The van der Waals surface area contributed by atoms with E-state index in [1.54, 1.807) is 0 Å². The molecule has 2 heterocycles. The Morgan fingerprint density at radius 2 is 1.42 bits per heavy atom. The molecular formula is C36H65N3O4. The van der Waals surface area contributed by atoms with E-state index in [1.807, 2.05) is 0 Å². The van der Waals surface area contributed by atoms with Crippen LogP contribution in [0, 0.1) is 45.3 Å². The summed E-state index contributed by atoms with van der Waals surface area (Å²) in [5.74, 6) is 2.20. The molecule has 2 aliphatic heterocycles. The minimum atomic E-state index is -1.33. The van der Waals surface area contributed by atoms with Gasteiger partial charge in [-0.05, 0) is 137 Å². The van der Waals surface area contributed by atoms with Gasteiger partial charge >= 0.3 is 6.09 Å².